The number of likely N-dealkylation sites (N-methyl/N-ethyl adjacent to an activating group) is 1. The van der Waals surface area contributed by atoms with Crippen molar-refractivity contribution in [1.82, 2.24) is 20.6 Å². The molecule has 2 aromatic heterocycles. The topological polar surface area (TPSA) is 69.8 Å². The fraction of sp³-hybridized carbons (Fsp3) is 0.143. The first-order chi connectivity index (χ1) is 13.2. The maximum Gasteiger partial charge on any atom is 0.269 e. The van der Waals surface area contributed by atoms with Crippen molar-refractivity contribution in [1.29, 1.82) is 0 Å². The van der Waals surface area contributed by atoms with Crippen LogP contribution in [0.15, 0.2) is 54.6 Å². The molecule has 5 nitrogen and oxygen atoms in total. The molecule has 2 aromatic carbocycles. The number of halogens is 1. The van der Waals surface area contributed by atoms with Crippen molar-refractivity contribution in [3.05, 3.63) is 66.1 Å². The van der Waals surface area contributed by atoms with Gasteiger partial charge in [0.25, 0.3) is 5.91 Å². The molecular formula is C21H19FN4O. The normalized spacial score (nSPS) is 11.2. The second-order valence-corrected chi connectivity index (χ2v) is 6.32. The van der Waals surface area contributed by atoms with Crippen LogP contribution in [0.2, 0.25) is 0 Å². The number of aromatic nitrogens is 2. The van der Waals surface area contributed by atoms with E-state index in [9.17, 15) is 9.18 Å². The van der Waals surface area contributed by atoms with Gasteiger partial charge >= 0.3 is 0 Å². The number of rotatable bonds is 5. The van der Waals surface area contributed by atoms with Crippen molar-refractivity contribution in [2.24, 2.45) is 0 Å². The molecule has 0 radical (unpaired) electrons. The van der Waals surface area contributed by atoms with E-state index in [2.05, 4.69) is 20.6 Å². The van der Waals surface area contributed by atoms with Crippen molar-refractivity contribution in [3.63, 3.8) is 0 Å². The van der Waals surface area contributed by atoms with Gasteiger partial charge in [-0.05, 0) is 43.4 Å². The number of nitrogens with zero attached hydrogens (tertiary/aromatic N) is 1. The molecule has 0 atom stereocenters. The van der Waals surface area contributed by atoms with Gasteiger partial charge in [0.2, 0.25) is 0 Å². The van der Waals surface area contributed by atoms with Gasteiger partial charge in [0.05, 0.1) is 11.2 Å². The average molecular weight is 362 g/mol. The van der Waals surface area contributed by atoms with E-state index in [1.807, 2.05) is 31.3 Å². The molecule has 0 fully saturated rings. The Balaban J connectivity index is 1.91. The minimum Gasteiger partial charge on any atom is -0.353 e. The number of nitrogens with one attached hydrogen (secondary N) is 3. The van der Waals surface area contributed by atoms with E-state index in [4.69, 9.17) is 0 Å². The monoisotopic (exact) mass is 362 g/mol. The van der Waals surface area contributed by atoms with Gasteiger partial charge in [-0.1, -0.05) is 18.2 Å². The summed E-state index contributed by atoms with van der Waals surface area (Å²) in [6.45, 7) is 1.18. The fourth-order valence-electron chi connectivity index (χ4n) is 3.17. The lowest BCUT2D eigenvalue weighted by Gasteiger charge is -2.08. The molecule has 3 N–H and O–H groups in total. The predicted octanol–water partition coefficient (Wildman–Crippen LogP) is 3.47. The lowest BCUT2D eigenvalue weighted by molar-refractivity contribution is 0.0949. The Morgan fingerprint density at radius 2 is 1.85 bits per heavy atom. The number of amides is 1. The molecule has 0 spiro atoms. The Morgan fingerprint density at radius 3 is 2.63 bits per heavy atom. The minimum absolute atomic E-state index is 0.235. The zero-order valence-corrected chi connectivity index (χ0v) is 14.8. The van der Waals surface area contributed by atoms with Crippen molar-refractivity contribution >= 4 is 27.7 Å². The third-order valence-corrected chi connectivity index (χ3v) is 4.51. The molecule has 0 aliphatic carbocycles. The van der Waals surface area contributed by atoms with Crippen LogP contribution in [0.3, 0.4) is 0 Å². The van der Waals surface area contributed by atoms with Crippen LogP contribution in [0.1, 0.15) is 10.5 Å². The zero-order valence-electron chi connectivity index (χ0n) is 14.8. The van der Waals surface area contributed by atoms with E-state index in [0.717, 1.165) is 27.4 Å². The Hall–Kier alpha value is -3.25. The van der Waals surface area contributed by atoms with Crippen LogP contribution < -0.4 is 10.6 Å². The van der Waals surface area contributed by atoms with Gasteiger partial charge in [0, 0.05) is 34.9 Å². The van der Waals surface area contributed by atoms with Crippen LogP contribution in [-0.2, 0) is 0 Å². The summed E-state index contributed by atoms with van der Waals surface area (Å²) in [6, 6.07) is 15.8. The maximum atomic E-state index is 13.4. The molecule has 0 saturated carbocycles. The molecule has 0 saturated heterocycles. The summed E-state index contributed by atoms with van der Waals surface area (Å²) in [4.78, 5) is 20.6. The van der Waals surface area contributed by atoms with Gasteiger partial charge in [-0.25, -0.2) is 9.37 Å². The van der Waals surface area contributed by atoms with E-state index in [1.165, 1.54) is 12.1 Å². The van der Waals surface area contributed by atoms with Gasteiger partial charge in [-0.15, -0.1) is 0 Å². The Morgan fingerprint density at radius 1 is 1.07 bits per heavy atom. The smallest absolute Gasteiger partial charge is 0.269 e. The second kappa shape index (κ2) is 7.17. The van der Waals surface area contributed by atoms with E-state index in [1.54, 1.807) is 18.2 Å². The molecule has 0 aliphatic heterocycles. The predicted molar refractivity (Wildman–Crippen MR) is 105 cm³/mol. The van der Waals surface area contributed by atoms with Crippen molar-refractivity contribution < 1.29 is 9.18 Å². The van der Waals surface area contributed by atoms with Crippen LogP contribution in [-0.4, -0.2) is 36.0 Å². The first-order valence-electron chi connectivity index (χ1n) is 8.77. The van der Waals surface area contributed by atoms with E-state index in [-0.39, 0.29) is 11.7 Å². The van der Waals surface area contributed by atoms with Crippen LogP contribution in [0.25, 0.3) is 33.1 Å². The summed E-state index contributed by atoms with van der Waals surface area (Å²) < 4.78 is 13.4. The number of fused-ring (bicyclic) bond motifs is 3. The summed E-state index contributed by atoms with van der Waals surface area (Å²) >= 11 is 0. The summed E-state index contributed by atoms with van der Waals surface area (Å²) in [6.07, 6.45) is 0. The largest absolute Gasteiger partial charge is 0.353 e. The lowest BCUT2D eigenvalue weighted by Crippen LogP contribution is -2.31. The van der Waals surface area contributed by atoms with Gasteiger partial charge < -0.3 is 15.6 Å². The summed E-state index contributed by atoms with van der Waals surface area (Å²) in [5.74, 6) is -0.548. The fourth-order valence-corrected chi connectivity index (χ4v) is 3.17. The van der Waals surface area contributed by atoms with Crippen LogP contribution in [0, 0.1) is 5.82 Å². The molecule has 1 amide bonds. The zero-order chi connectivity index (χ0) is 18.8. The summed E-state index contributed by atoms with van der Waals surface area (Å²) in [5.41, 5.74) is 3.50. The number of H-pyrrole nitrogens is 1. The number of benzene rings is 2. The number of hydrogen-bond donors (Lipinski definition) is 3. The van der Waals surface area contributed by atoms with E-state index < -0.39 is 0 Å². The van der Waals surface area contributed by atoms with Crippen molar-refractivity contribution in [2.75, 3.05) is 20.1 Å². The summed E-state index contributed by atoms with van der Waals surface area (Å²) in [5, 5.41) is 7.78. The van der Waals surface area contributed by atoms with E-state index in [0.29, 0.717) is 24.5 Å². The molecule has 6 heteroatoms. The third-order valence-electron chi connectivity index (χ3n) is 4.51. The molecule has 2 heterocycles. The summed E-state index contributed by atoms with van der Waals surface area (Å²) in [7, 11) is 1.83. The SMILES string of the molecule is CNCCNC(=O)c1cc2c([nH]c3ccccc32)c(-c2ccc(F)cc2)n1. The Kier molecular flexibility index (Phi) is 4.56. The van der Waals surface area contributed by atoms with Gasteiger partial charge in [-0.2, -0.15) is 0 Å². The standard InChI is InChI=1S/C21H19FN4O/c1-23-10-11-24-21(27)18-12-16-15-4-2-3-5-17(15)25-20(16)19(26-18)13-6-8-14(22)9-7-13/h2-9,12,23,25H,10-11H2,1H3,(H,24,27). The average Bonchev–Trinajstić information content (AvgIpc) is 3.07. The number of pyridine rings is 1. The lowest BCUT2D eigenvalue weighted by atomic mass is 10.1. The number of hydrogen-bond acceptors (Lipinski definition) is 3. The molecule has 136 valence electrons. The van der Waals surface area contributed by atoms with Crippen LogP contribution in [0.5, 0.6) is 0 Å². The van der Waals surface area contributed by atoms with Gasteiger partial charge in [0.15, 0.2) is 0 Å². The molecule has 4 rings (SSSR count). The van der Waals surface area contributed by atoms with E-state index >= 15 is 0 Å². The first-order valence-corrected chi connectivity index (χ1v) is 8.77. The number of carbonyl (C=O) groups is 1. The molecular weight excluding hydrogens is 343 g/mol. The Labute approximate surface area is 155 Å². The molecule has 0 aliphatic rings. The highest BCUT2D eigenvalue weighted by atomic mass is 19.1. The number of carbonyl (C=O) groups excluding carboxylic acids is 1. The quantitative estimate of drug-likeness (QED) is 0.476. The highest BCUT2D eigenvalue weighted by molar-refractivity contribution is 6.13. The minimum atomic E-state index is -0.312. The van der Waals surface area contributed by atoms with Crippen LogP contribution in [0.4, 0.5) is 4.39 Å². The number of para-hydroxylation sites is 1. The highest BCUT2D eigenvalue weighted by Gasteiger charge is 2.16. The maximum absolute atomic E-state index is 13.4. The second-order valence-electron chi connectivity index (χ2n) is 6.32. The molecule has 0 bridgehead atoms. The third kappa shape index (κ3) is 3.27. The highest BCUT2D eigenvalue weighted by Crippen LogP contribution is 2.32. The van der Waals surface area contributed by atoms with Gasteiger partial charge in [0.1, 0.15) is 11.5 Å². The van der Waals surface area contributed by atoms with Gasteiger partial charge in [-0.3, -0.25) is 4.79 Å². The first kappa shape index (κ1) is 17.2. The molecule has 0 unspecified atom stereocenters. The van der Waals surface area contributed by atoms with Crippen molar-refractivity contribution in [2.45, 2.75) is 0 Å². The van der Waals surface area contributed by atoms with Crippen molar-refractivity contribution in [3.8, 4) is 11.3 Å². The molecule has 4 aromatic rings. The van der Waals surface area contributed by atoms with Crippen LogP contribution >= 0.6 is 0 Å². The number of aromatic amines is 1. The Bertz CT molecular complexity index is 1120. The molecule has 27 heavy (non-hydrogen) atoms.